The Morgan fingerprint density at radius 1 is 0.944 bits per heavy atom. The first-order valence-corrected chi connectivity index (χ1v) is 12.4. The number of nitrogens with zero attached hydrogens (tertiary/aromatic N) is 1. The van der Waals surface area contributed by atoms with Gasteiger partial charge in [0.05, 0.1) is 31.5 Å². The van der Waals surface area contributed by atoms with E-state index >= 15 is 0 Å². The molecule has 0 saturated heterocycles. The highest BCUT2D eigenvalue weighted by Gasteiger charge is 2.24. The Labute approximate surface area is 213 Å². The largest absolute Gasteiger partial charge is 0.444 e. The van der Waals surface area contributed by atoms with Gasteiger partial charge in [-0.3, -0.25) is 4.90 Å². The predicted octanol–water partition coefficient (Wildman–Crippen LogP) is 0.195. The smallest absolute Gasteiger partial charge is 0.408 e. The molecule has 5 atom stereocenters. The van der Waals surface area contributed by atoms with Gasteiger partial charge in [0, 0.05) is 31.9 Å². The standard InChI is InChI=1S/C25H45N3O8/c1-5-6-19(27-24(35)36-25(2,3)4)17-7-9-18(10-8-17)26-11-12-28(13-20(31)22(33)15-29)14-21(32)23(34)16-30/h7-10,19-23,26,29-34H,5-6,11-16H2,1-4H3,(H,27,35)/t19?,20-,21-,22+,23+/m0/s1. The van der Waals surface area contributed by atoms with Gasteiger partial charge in [0.1, 0.15) is 17.8 Å². The van der Waals surface area contributed by atoms with E-state index in [1.54, 1.807) is 4.90 Å². The lowest BCUT2D eigenvalue weighted by Gasteiger charge is -2.30. The second-order valence-corrected chi connectivity index (χ2v) is 9.93. The number of benzene rings is 1. The molecule has 0 aliphatic heterocycles. The molecule has 0 spiro atoms. The normalized spacial score (nSPS) is 16.2. The Hall–Kier alpha value is -1.99. The molecular formula is C25H45N3O8. The van der Waals surface area contributed by atoms with Gasteiger partial charge in [0.15, 0.2) is 0 Å². The summed E-state index contributed by atoms with van der Waals surface area (Å²) in [7, 11) is 0. The van der Waals surface area contributed by atoms with E-state index in [-0.39, 0.29) is 19.1 Å². The molecule has 0 heterocycles. The van der Waals surface area contributed by atoms with Crippen molar-refractivity contribution in [1.29, 1.82) is 0 Å². The van der Waals surface area contributed by atoms with Crippen molar-refractivity contribution in [3.05, 3.63) is 29.8 Å². The van der Waals surface area contributed by atoms with Crippen LogP contribution in [0.1, 0.15) is 52.1 Å². The maximum absolute atomic E-state index is 12.2. The monoisotopic (exact) mass is 515 g/mol. The summed E-state index contributed by atoms with van der Waals surface area (Å²) in [6, 6.07) is 7.41. The summed E-state index contributed by atoms with van der Waals surface area (Å²) in [6.45, 7) is 6.92. The van der Waals surface area contributed by atoms with E-state index in [4.69, 9.17) is 14.9 Å². The van der Waals surface area contributed by atoms with Crippen LogP contribution in [0, 0.1) is 0 Å². The molecule has 1 unspecified atom stereocenters. The van der Waals surface area contributed by atoms with Gasteiger partial charge in [-0.15, -0.1) is 0 Å². The number of nitrogens with one attached hydrogen (secondary N) is 2. The van der Waals surface area contributed by atoms with Crippen LogP contribution in [0.25, 0.3) is 0 Å². The van der Waals surface area contributed by atoms with Crippen molar-refractivity contribution in [1.82, 2.24) is 10.2 Å². The van der Waals surface area contributed by atoms with Crippen LogP contribution in [0.4, 0.5) is 10.5 Å². The maximum atomic E-state index is 12.2. The molecule has 11 nitrogen and oxygen atoms in total. The topological polar surface area (TPSA) is 175 Å². The van der Waals surface area contributed by atoms with Crippen molar-refractivity contribution in [3.63, 3.8) is 0 Å². The van der Waals surface area contributed by atoms with Gasteiger partial charge in [0.2, 0.25) is 0 Å². The molecule has 0 radical (unpaired) electrons. The number of hydrogen-bond acceptors (Lipinski definition) is 10. The quantitative estimate of drug-likeness (QED) is 0.152. The van der Waals surface area contributed by atoms with Crippen LogP contribution in [0.3, 0.4) is 0 Å². The van der Waals surface area contributed by atoms with Crippen molar-refractivity contribution in [2.24, 2.45) is 0 Å². The minimum absolute atomic E-state index is 0.0490. The molecule has 11 heteroatoms. The summed E-state index contributed by atoms with van der Waals surface area (Å²) in [5.41, 5.74) is 1.18. The van der Waals surface area contributed by atoms with Crippen LogP contribution in [-0.4, -0.2) is 111 Å². The zero-order valence-electron chi connectivity index (χ0n) is 21.8. The number of anilines is 1. The van der Waals surface area contributed by atoms with Gasteiger partial charge in [0.25, 0.3) is 0 Å². The number of aliphatic hydroxyl groups is 6. The lowest BCUT2D eigenvalue weighted by atomic mass is 10.0. The number of rotatable bonds is 16. The third kappa shape index (κ3) is 12.3. The Morgan fingerprint density at radius 2 is 1.47 bits per heavy atom. The van der Waals surface area contributed by atoms with Crippen molar-refractivity contribution >= 4 is 11.8 Å². The van der Waals surface area contributed by atoms with Crippen LogP contribution in [0.5, 0.6) is 0 Å². The van der Waals surface area contributed by atoms with Crippen LogP contribution in [-0.2, 0) is 4.74 Å². The summed E-state index contributed by atoms with van der Waals surface area (Å²) >= 11 is 0. The molecule has 0 aromatic heterocycles. The fourth-order valence-corrected chi connectivity index (χ4v) is 3.53. The van der Waals surface area contributed by atoms with Crippen molar-refractivity contribution in [2.75, 3.05) is 44.7 Å². The molecule has 0 aliphatic carbocycles. The number of aliphatic hydroxyl groups excluding tert-OH is 6. The van der Waals surface area contributed by atoms with Gasteiger partial charge in [-0.25, -0.2) is 4.79 Å². The molecule has 1 rings (SSSR count). The molecule has 0 aliphatic rings. The lowest BCUT2D eigenvalue weighted by Crippen LogP contribution is -2.47. The average molecular weight is 516 g/mol. The van der Waals surface area contributed by atoms with Crippen molar-refractivity contribution < 1.29 is 40.2 Å². The van der Waals surface area contributed by atoms with Gasteiger partial charge < -0.3 is 46.0 Å². The number of ether oxygens (including phenoxy) is 1. The highest BCUT2D eigenvalue weighted by atomic mass is 16.6. The second kappa shape index (κ2) is 16.0. The highest BCUT2D eigenvalue weighted by molar-refractivity contribution is 5.68. The molecule has 0 fully saturated rings. The fraction of sp³-hybridized carbons (Fsp3) is 0.720. The fourth-order valence-electron chi connectivity index (χ4n) is 3.53. The van der Waals surface area contributed by atoms with Crippen LogP contribution in [0.15, 0.2) is 24.3 Å². The van der Waals surface area contributed by atoms with E-state index in [0.717, 1.165) is 24.1 Å². The lowest BCUT2D eigenvalue weighted by molar-refractivity contribution is -0.0529. The van der Waals surface area contributed by atoms with Crippen LogP contribution in [0.2, 0.25) is 0 Å². The molecule has 0 bridgehead atoms. The van der Waals surface area contributed by atoms with Gasteiger partial charge in [-0.1, -0.05) is 25.5 Å². The first-order valence-electron chi connectivity index (χ1n) is 12.4. The van der Waals surface area contributed by atoms with Crippen LogP contribution < -0.4 is 10.6 Å². The Bertz CT molecular complexity index is 726. The molecule has 36 heavy (non-hydrogen) atoms. The highest BCUT2D eigenvalue weighted by Crippen LogP contribution is 2.21. The minimum atomic E-state index is -1.33. The maximum Gasteiger partial charge on any atom is 0.408 e. The Kier molecular flexibility index (Phi) is 14.2. The first-order chi connectivity index (χ1) is 16.9. The van der Waals surface area contributed by atoms with Crippen LogP contribution >= 0.6 is 0 Å². The average Bonchev–Trinajstić information content (AvgIpc) is 2.81. The number of carbonyl (C=O) groups is 1. The number of amides is 1. The van der Waals surface area contributed by atoms with E-state index in [2.05, 4.69) is 10.6 Å². The summed E-state index contributed by atoms with van der Waals surface area (Å²) in [5, 5.41) is 63.7. The predicted molar refractivity (Wildman–Crippen MR) is 137 cm³/mol. The molecule has 8 N–H and O–H groups in total. The third-order valence-electron chi connectivity index (χ3n) is 5.49. The molecule has 208 valence electrons. The van der Waals surface area contributed by atoms with Gasteiger partial charge >= 0.3 is 6.09 Å². The Balaban J connectivity index is 2.74. The summed E-state index contributed by atoms with van der Waals surface area (Å²) in [5.74, 6) is 0. The number of hydrogen-bond donors (Lipinski definition) is 8. The number of carbonyl (C=O) groups excluding carboxylic acids is 1. The zero-order valence-corrected chi connectivity index (χ0v) is 21.8. The minimum Gasteiger partial charge on any atom is -0.444 e. The van der Waals surface area contributed by atoms with E-state index in [0.29, 0.717) is 13.1 Å². The van der Waals surface area contributed by atoms with E-state index in [9.17, 15) is 25.2 Å². The summed E-state index contributed by atoms with van der Waals surface area (Å²) < 4.78 is 5.37. The van der Waals surface area contributed by atoms with E-state index in [1.807, 2.05) is 52.0 Å². The summed E-state index contributed by atoms with van der Waals surface area (Å²) in [4.78, 5) is 13.8. The molecule has 0 saturated carbocycles. The molecule has 1 aromatic carbocycles. The van der Waals surface area contributed by atoms with E-state index in [1.165, 1.54) is 0 Å². The number of alkyl carbamates (subject to hydrolysis) is 1. The zero-order chi connectivity index (χ0) is 27.3. The third-order valence-corrected chi connectivity index (χ3v) is 5.49. The second-order valence-electron chi connectivity index (χ2n) is 9.93. The van der Waals surface area contributed by atoms with Crippen molar-refractivity contribution in [3.8, 4) is 0 Å². The van der Waals surface area contributed by atoms with E-state index < -0.39 is 49.3 Å². The van der Waals surface area contributed by atoms with Crippen molar-refractivity contribution in [2.45, 2.75) is 76.6 Å². The van der Waals surface area contributed by atoms with Gasteiger partial charge in [-0.2, -0.15) is 0 Å². The molecule has 1 aromatic rings. The molecule has 1 amide bonds. The molecular weight excluding hydrogens is 470 g/mol. The summed E-state index contributed by atoms with van der Waals surface area (Å²) in [6.07, 6.45) is -4.00. The SMILES string of the molecule is CCCC(NC(=O)OC(C)(C)C)c1ccc(NCCN(C[C@H](O)[C@H](O)CO)C[C@H](O)[C@H](O)CO)cc1. The Morgan fingerprint density at radius 3 is 1.92 bits per heavy atom. The first kappa shape index (κ1) is 32.0. The van der Waals surface area contributed by atoms with Gasteiger partial charge in [-0.05, 0) is 44.9 Å².